The number of hydrogen-bond donors (Lipinski definition) is 2. The molecule has 34 heavy (non-hydrogen) atoms. The number of nitrogens with zero attached hydrogens (tertiary/aromatic N) is 3. The summed E-state index contributed by atoms with van der Waals surface area (Å²) in [6.07, 6.45) is 5.67. The largest absolute Gasteiger partial charge is 0.346 e. The van der Waals surface area contributed by atoms with E-state index in [1.54, 1.807) is 12.4 Å². The van der Waals surface area contributed by atoms with Gasteiger partial charge in [-0.1, -0.05) is 36.4 Å². The quantitative estimate of drug-likeness (QED) is 0.331. The van der Waals surface area contributed by atoms with Gasteiger partial charge >= 0.3 is 6.03 Å². The van der Waals surface area contributed by atoms with Crippen molar-refractivity contribution in [2.75, 3.05) is 31.3 Å². The van der Waals surface area contributed by atoms with Crippen LogP contribution in [0.4, 0.5) is 16.2 Å². The maximum absolute atomic E-state index is 12.9. The van der Waals surface area contributed by atoms with Crippen molar-refractivity contribution in [3.8, 4) is 11.1 Å². The van der Waals surface area contributed by atoms with Crippen LogP contribution in [-0.4, -0.2) is 41.1 Å². The fourth-order valence-corrected chi connectivity index (χ4v) is 4.24. The summed E-state index contributed by atoms with van der Waals surface area (Å²) in [6, 6.07) is 23.9. The van der Waals surface area contributed by atoms with Crippen molar-refractivity contribution in [3.05, 3.63) is 91.4 Å². The Hall–Kier alpha value is -4.16. The summed E-state index contributed by atoms with van der Waals surface area (Å²) in [7, 11) is 4.13. The van der Waals surface area contributed by atoms with Gasteiger partial charge in [-0.3, -0.25) is 4.98 Å². The van der Waals surface area contributed by atoms with E-state index in [1.807, 2.05) is 60.7 Å². The number of carbonyl (C=O) groups excluding carboxylic acids is 1. The number of likely N-dealkylation sites (N-methyl/N-ethyl adjacent to an activating group) is 1. The van der Waals surface area contributed by atoms with Gasteiger partial charge in [0.25, 0.3) is 0 Å². The highest BCUT2D eigenvalue weighted by molar-refractivity contribution is 6.10. The normalized spacial score (nSPS) is 11.3. The zero-order valence-electron chi connectivity index (χ0n) is 19.3. The molecule has 0 aliphatic carbocycles. The molecule has 0 atom stereocenters. The number of fused-ring (bicyclic) bond motifs is 2. The highest BCUT2D eigenvalue weighted by Gasteiger charge is 2.11. The molecule has 6 heteroatoms. The van der Waals surface area contributed by atoms with Crippen molar-refractivity contribution in [2.45, 2.75) is 6.54 Å². The molecule has 0 aliphatic heterocycles. The molecule has 3 aromatic carbocycles. The average Bonchev–Trinajstić information content (AvgIpc) is 3.25. The lowest BCUT2D eigenvalue weighted by molar-refractivity contribution is 0.262. The van der Waals surface area contributed by atoms with Crippen LogP contribution in [0.2, 0.25) is 0 Å². The van der Waals surface area contributed by atoms with E-state index in [2.05, 4.69) is 57.5 Å². The summed E-state index contributed by atoms with van der Waals surface area (Å²) in [4.78, 5) is 19.2. The fraction of sp³-hybridized carbons (Fsp3) is 0.143. The summed E-state index contributed by atoms with van der Waals surface area (Å²) < 4.78 is 2.21. The van der Waals surface area contributed by atoms with E-state index in [0.29, 0.717) is 0 Å². The number of urea groups is 1. The standard InChI is InChI=1S/C28H27N5O/c1-32(2)17-18-33-16-13-21-7-8-22(19-27(21)33)30-28(34)31-26-10-9-23(20-11-14-29-15-12-20)24-5-3-4-6-25(24)26/h3-16,19H,17-18H2,1-2H3,(H2,30,31,34). The van der Waals surface area contributed by atoms with Crippen molar-refractivity contribution in [1.29, 1.82) is 0 Å². The molecular weight excluding hydrogens is 422 g/mol. The van der Waals surface area contributed by atoms with E-state index in [9.17, 15) is 4.79 Å². The summed E-state index contributed by atoms with van der Waals surface area (Å²) in [5, 5.41) is 9.24. The number of hydrogen-bond acceptors (Lipinski definition) is 3. The molecule has 5 aromatic rings. The summed E-state index contributed by atoms with van der Waals surface area (Å²) >= 11 is 0. The number of pyridine rings is 1. The molecule has 2 amide bonds. The number of carbonyl (C=O) groups is 1. The molecule has 5 rings (SSSR count). The monoisotopic (exact) mass is 449 g/mol. The summed E-state index contributed by atoms with van der Waals surface area (Å²) in [5.41, 5.74) is 4.82. The second kappa shape index (κ2) is 9.37. The number of amides is 2. The van der Waals surface area contributed by atoms with Crippen LogP contribution in [0.25, 0.3) is 32.8 Å². The zero-order valence-corrected chi connectivity index (χ0v) is 19.3. The topological polar surface area (TPSA) is 62.2 Å². The molecule has 170 valence electrons. The second-order valence-corrected chi connectivity index (χ2v) is 8.61. The lowest BCUT2D eigenvalue weighted by Crippen LogP contribution is -2.20. The van der Waals surface area contributed by atoms with Gasteiger partial charge in [-0.15, -0.1) is 0 Å². The van der Waals surface area contributed by atoms with E-state index < -0.39 is 0 Å². The molecule has 0 fully saturated rings. The second-order valence-electron chi connectivity index (χ2n) is 8.61. The van der Waals surface area contributed by atoms with Crippen LogP contribution >= 0.6 is 0 Å². The van der Waals surface area contributed by atoms with E-state index in [1.165, 1.54) is 0 Å². The maximum Gasteiger partial charge on any atom is 0.323 e. The molecule has 0 unspecified atom stereocenters. The lowest BCUT2D eigenvalue weighted by Gasteiger charge is -2.14. The van der Waals surface area contributed by atoms with E-state index in [0.717, 1.165) is 57.3 Å². The predicted molar refractivity (Wildman–Crippen MR) is 140 cm³/mol. The predicted octanol–water partition coefficient (Wildman–Crippen LogP) is 6.06. The Balaban J connectivity index is 1.38. The van der Waals surface area contributed by atoms with Gasteiger partial charge in [0, 0.05) is 42.8 Å². The van der Waals surface area contributed by atoms with Crippen LogP contribution in [0, 0.1) is 0 Å². The molecule has 0 bridgehead atoms. The van der Waals surface area contributed by atoms with Crippen LogP contribution in [0.1, 0.15) is 0 Å². The lowest BCUT2D eigenvalue weighted by atomic mass is 9.98. The Bertz CT molecular complexity index is 1460. The van der Waals surface area contributed by atoms with Gasteiger partial charge in [0.2, 0.25) is 0 Å². The van der Waals surface area contributed by atoms with E-state index in [-0.39, 0.29) is 6.03 Å². The number of nitrogens with one attached hydrogen (secondary N) is 2. The van der Waals surface area contributed by atoms with Gasteiger partial charge in [-0.25, -0.2) is 4.79 Å². The Morgan fingerprint density at radius 3 is 2.50 bits per heavy atom. The smallest absolute Gasteiger partial charge is 0.323 e. The van der Waals surface area contributed by atoms with Crippen LogP contribution in [-0.2, 0) is 6.54 Å². The maximum atomic E-state index is 12.9. The third kappa shape index (κ3) is 4.49. The molecule has 2 heterocycles. The Morgan fingerprint density at radius 2 is 1.71 bits per heavy atom. The van der Waals surface area contributed by atoms with Crippen molar-refractivity contribution in [1.82, 2.24) is 14.5 Å². The van der Waals surface area contributed by atoms with Gasteiger partial charge in [0.15, 0.2) is 0 Å². The minimum absolute atomic E-state index is 0.271. The molecule has 2 aromatic heterocycles. The summed E-state index contributed by atoms with van der Waals surface area (Å²) in [6.45, 7) is 1.84. The number of rotatable bonds is 6. The van der Waals surface area contributed by atoms with Gasteiger partial charge in [0.1, 0.15) is 0 Å². The molecule has 2 N–H and O–H groups in total. The van der Waals surface area contributed by atoms with Crippen LogP contribution < -0.4 is 10.6 Å². The SMILES string of the molecule is CN(C)CCn1ccc2ccc(NC(=O)Nc3ccc(-c4ccncc4)c4ccccc34)cc21. The highest BCUT2D eigenvalue weighted by atomic mass is 16.2. The Kier molecular flexibility index (Phi) is 5.97. The molecule has 0 saturated carbocycles. The van der Waals surface area contributed by atoms with Crippen molar-refractivity contribution in [3.63, 3.8) is 0 Å². The van der Waals surface area contributed by atoms with E-state index in [4.69, 9.17) is 0 Å². The van der Waals surface area contributed by atoms with Crippen LogP contribution in [0.5, 0.6) is 0 Å². The average molecular weight is 450 g/mol. The first-order valence-corrected chi connectivity index (χ1v) is 11.3. The van der Waals surface area contributed by atoms with Crippen LogP contribution in [0.15, 0.2) is 91.4 Å². The van der Waals surface area contributed by atoms with Crippen molar-refractivity contribution in [2.24, 2.45) is 0 Å². The minimum atomic E-state index is -0.271. The first kappa shape index (κ1) is 21.7. The first-order chi connectivity index (χ1) is 16.6. The third-order valence-electron chi connectivity index (χ3n) is 5.98. The van der Waals surface area contributed by atoms with Gasteiger partial charge < -0.3 is 20.1 Å². The highest BCUT2D eigenvalue weighted by Crippen LogP contribution is 2.33. The molecule has 0 spiro atoms. The van der Waals surface area contributed by atoms with Crippen molar-refractivity contribution >= 4 is 39.1 Å². The summed E-state index contributed by atoms with van der Waals surface area (Å²) in [5.74, 6) is 0. The molecule has 0 aliphatic rings. The van der Waals surface area contributed by atoms with Gasteiger partial charge in [0.05, 0.1) is 11.2 Å². The zero-order chi connectivity index (χ0) is 23.5. The Labute approximate surface area is 198 Å². The van der Waals surface area contributed by atoms with Crippen LogP contribution in [0.3, 0.4) is 0 Å². The number of benzene rings is 3. The molecule has 0 radical (unpaired) electrons. The van der Waals surface area contributed by atoms with Gasteiger partial charge in [-0.2, -0.15) is 0 Å². The van der Waals surface area contributed by atoms with Gasteiger partial charge in [-0.05, 0) is 72.4 Å². The number of aromatic nitrogens is 2. The number of anilines is 2. The molecule has 6 nitrogen and oxygen atoms in total. The molecular formula is C28H27N5O. The first-order valence-electron chi connectivity index (χ1n) is 11.3. The fourth-order valence-electron chi connectivity index (χ4n) is 4.24. The van der Waals surface area contributed by atoms with Crippen molar-refractivity contribution < 1.29 is 4.79 Å². The third-order valence-corrected chi connectivity index (χ3v) is 5.98. The molecule has 0 saturated heterocycles. The minimum Gasteiger partial charge on any atom is -0.346 e. The van der Waals surface area contributed by atoms with E-state index >= 15 is 0 Å². The Morgan fingerprint density at radius 1 is 0.912 bits per heavy atom.